The Kier molecular flexibility index (Phi) is 3.13. The largest absolute Gasteiger partial charge is 0.322 e. The van der Waals surface area contributed by atoms with Crippen LogP contribution in [0.3, 0.4) is 0 Å². The topological polar surface area (TPSA) is 70.1 Å². The van der Waals surface area contributed by atoms with Gasteiger partial charge in [-0.1, -0.05) is 25.0 Å². The van der Waals surface area contributed by atoms with Crippen molar-refractivity contribution in [2.24, 2.45) is 17.1 Å². The molecule has 4 nitrogen and oxygen atoms in total. The standard InChI is InChI=1S/C16H23N3O/c1-10(2)16(5-3-4-6-16)14(18)15(20)19-12(9-17)7-11-8-13(11)19/h11-14H,1,3-8,18H2,2H3/t11-,12?,13?,14?/m1/s1. The van der Waals surface area contributed by atoms with Crippen LogP contribution < -0.4 is 5.73 Å². The number of piperidine rings is 1. The van der Waals surface area contributed by atoms with Crippen molar-refractivity contribution in [3.05, 3.63) is 12.2 Å². The summed E-state index contributed by atoms with van der Waals surface area (Å²) >= 11 is 0. The molecular weight excluding hydrogens is 250 g/mol. The first-order valence-electron chi connectivity index (χ1n) is 7.64. The molecule has 1 saturated heterocycles. The zero-order chi connectivity index (χ0) is 14.5. The first-order valence-corrected chi connectivity index (χ1v) is 7.64. The summed E-state index contributed by atoms with van der Waals surface area (Å²) in [6.45, 7) is 6.08. The van der Waals surface area contributed by atoms with Gasteiger partial charge in [-0.3, -0.25) is 4.79 Å². The zero-order valence-electron chi connectivity index (χ0n) is 12.1. The number of nitriles is 1. The van der Waals surface area contributed by atoms with Crippen LogP contribution in [0.25, 0.3) is 0 Å². The molecule has 0 aromatic heterocycles. The second-order valence-electron chi connectivity index (χ2n) is 6.81. The number of carbonyl (C=O) groups is 1. The number of amides is 1. The normalized spacial score (nSPS) is 35.2. The minimum Gasteiger partial charge on any atom is -0.322 e. The van der Waals surface area contributed by atoms with Crippen LogP contribution in [-0.2, 0) is 4.79 Å². The fraction of sp³-hybridized carbons (Fsp3) is 0.750. The van der Waals surface area contributed by atoms with Crippen molar-refractivity contribution in [1.29, 1.82) is 5.26 Å². The summed E-state index contributed by atoms with van der Waals surface area (Å²) in [6.07, 6.45) is 6.02. The van der Waals surface area contributed by atoms with E-state index in [0.717, 1.165) is 44.1 Å². The molecule has 0 bridgehead atoms. The molecule has 2 N–H and O–H groups in total. The average molecular weight is 273 g/mol. The van der Waals surface area contributed by atoms with E-state index in [1.807, 2.05) is 6.92 Å². The molecule has 4 atom stereocenters. The third-order valence-corrected chi connectivity index (χ3v) is 5.71. The molecule has 4 heteroatoms. The number of fused-ring (bicyclic) bond motifs is 1. The minimum absolute atomic E-state index is 0.0218. The molecule has 1 heterocycles. The number of nitrogens with zero attached hydrogens (tertiary/aromatic N) is 2. The van der Waals surface area contributed by atoms with E-state index < -0.39 is 6.04 Å². The molecule has 3 aliphatic rings. The van der Waals surface area contributed by atoms with Crippen molar-refractivity contribution < 1.29 is 4.79 Å². The van der Waals surface area contributed by atoms with Crippen LogP contribution in [-0.4, -0.2) is 28.9 Å². The number of nitrogens with two attached hydrogens (primary N) is 1. The second kappa shape index (κ2) is 4.60. The first kappa shape index (κ1) is 13.6. The summed E-state index contributed by atoms with van der Waals surface area (Å²) < 4.78 is 0. The maximum absolute atomic E-state index is 12.9. The molecule has 0 spiro atoms. The van der Waals surface area contributed by atoms with Crippen molar-refractivity contribution in [3.63, 3.8) is 0 Å². The van der Waals surface area contributed by atoms with E-state index in [1.165, 1.54) is 0 Å². The molecule has 20 heavy (non-hydrogen) atoms. The highest BCUT2D eigenvalue weighted by Crippen LogP contribution is 2.50. The zero-order valence-corrected chi connectivity index (χ0v) is 12.1. The number of hydrogen-bond donors (Lipinski definition) is 1. The quantitative estimate of drug-likeness (QED) is 0.799. The molecule has 0 aromatic carbocycles. The number of likely N-dealkylation sites (tertiary alicyclic amines) is 1. The van der Waals surface area contributed by atoms with Crippen molar-refractivity contribution in [3.8, 4) is 6.07 Å². The van der Waals surface area contributed by atoms with Gasteiger partial charge in [0.15, 0.2) is 0 Å². The van der Waals surface area contributed by atoms with E-state index in [9.17, 15) is 10.1 Å². The lowest BCUT2D eigenvalue weighted by Gasteiger charge is -2.38. The Hall–Kier alpha value is -1.34. The van der Waals surface area contributed by atoms with Gasteiger partial charge in [0.05, 0.1) is 12.1 Å². The highest BCUT2D eigenvalue weighted by molar-refractivity contribution is 5.85. The summed E-state index contributed by atoms with van der Waals surface area (Å²) in [5.41, 5.74) is 7.15. The van der Waals surface area contributed by atoms with Gasteiger partial charge in [-0.05, 0) is 38.5 Å². The SMILES string of the molecule is C=C(C)C1(C(N)C(=O)N2C(C#N)C[C@@H]3CC32)CCCC1. The Bertz CT molecular complexity index is 486. The molecule has 0 radical (unpaired) electrons. The highest BCUT2D eigenvalue weighted by Gasteiger charge is 2.56. The summed E-state index contributed by atoms with van der Waals surface area (Å²) in [5.74, 6) is 0.520. The number of rotatable bonds is 3. The van der Waals surface area contributed by atoms with Crippen LogP contribution in [0.4, 0.5) is 0 Å². The third kappa shape index (κ3) is 1.80. The van der Waals surface area contributed by atoms with Crippen molar-refractivity contribution in [2.75, 3.05) is 0 Å². The molecular formula is C16H23N3O. The maximum Gasteiger partial charge on any atom is 0.241 e. The average Bonchev–Trinajstić information content (AvgIpc) is 2.91. The van der Waals surface area contributed by atoms with Gasteiger partial charge in [-0.25, -0.2) is 0 Å². The number of hydrogen-bond acceptors (Lipinski definition) is 3. The van der Waals surface area contributed by atoms with Gasteiger partial charge in [0, 0.05) is 11.5 Å². The van der Waals surface area contributed by atoms with Crippen LogP contribution in [0.1, 0.15) is 45.4 Å². The Labute approximate surface area is 120 Å². The van der Waals surface area contributed by atoms with Gasteiger partial charge in [0.2, 0.25) is 5.91 Å². The van der Waals surface area contributed by atoms with Crippen LogP contribution in [0.15, 0.2) is 12.2 Å². The first-order chi connectivity index (χ1) is 9.51. The van der Waals surface area contributed by atoms with Gasteiger partial charge < -0.3 is 10.6 Å². The third-order valence-electron chi connectivity index (χ3n) is 5.71. The molecule has 0 aromatic rings. The molecule has 3 fully saturated rings. The lowest BCUT2D eigenvalue weighted by Crippen LogP contribution is -2.54. The van der Waals surface area contributed by atoms with Crippen molar-refractivity contribution in [2.45, 2.75) is 63.6 Å². The fourth-order valence-corrected chi connectivity index (χ4v) is 4.30. The van der Waals surface area contributed by atoms with Gasteiger partial charge >= 0.3 is 0 Å². The predicted molar refractivity (Wildman–Crippen MR) is 76.4 cm³/mol. The van der Waals surface area contributed by atoms with Crippen LogP contribution >= 0.6 is 0 Å². The summed E-state index contributed by atoms with van der Waals surface area (Å²) in [5, 5.41) is 9.24. The Balaban J connectivity index is 1.83. The molecule has 2 saturated carbocycles. The Morgan fingerprint density at radius 3 is 2.65 bits per heavy atom. The molecule has 1 aliphatic heterocycles. The molecule has 1 amide bonds. The number of carbonyl (C=O) groups excluding carboxylic acids is 1. The molecule has 3 rings (SSSR count). The van der Waals surface area contributed by atoms with E-state index >= 15 is 0 Å². The molecule has 108 valence electrons. The predicted octanol–water partition coefficient (Wildman–Crippen LogP) is 1.96. The van der Waals surface area contributed by atoms with Gasteiger partial charge in [-0.15, -0.1) is 0 Å². The Morgan fingerprint density at radius 2 is 2.10 bits per heavy atom. The van der Waals surface area contributed by atoms with Gasteiger partial charge in [0.1, 0.15) is 6.04 Å². The summed E-state index contributed by atoms with van der Waals surface area (Å²) in [7, 11) is 0. The van der Waals surface area contributed by atoms with Gasteiger partial charge in [0.25, 0.3) is 0 Å². The highest BCUT2D eigenvalue weighted by atomic mass is 16.2. The van der Waals surface area contributed by atoms with E-state index in [0.29, 0.717) is 5.92 Å². The summed E-state index contributed by atoms with van der Waals surface area (Å²) in [4.78, 5) is 14.6. The Morgan fingerprint density at radius 1 is 1.45 bits per heavy atom. The lowest BCUT2D eigenvalue weighted by atomic mass is 9.73. The van der Waals surface area contributed by atoms with Crippen LogP contribution in [0.5, 0.6) is 0 Å². The maximum atomic E-state index is 12.9. The van der Waals surface area contributed by atoms with E-state index in [-0.39, 0.29) is 23.4 Å². The fourth-order valence-electron chi connectivity index (χ4n) is 4.30. The van der Waals surface area contributed by atoms with Crippen molar-refractivity contribution >= 4 is 5.91 Å². The monoisotopic (exact) mass is 273 g/mol. The smallest absolute Gasteiger partial charge is 0.241 e. The van der Waals surface area contributed by atoms with E-state index in [1.54, 1.807) is 4.90 Å². The van der Waals surface area contributed by atoms with Crippen molar-refractivity contribution in [1.82, 2.24) is 4.90 Å². The molecule has 3 unspecified atom stereocenters. The lowest BCUT2D eigenvalue weighted by molar-refractivity contribution is -0.136. The molecule has 2 aliphatic carbocycles. The minimum atomic E-state index is -0.530. The van der Waals surface area contributed by atoms with Gasteiger partial charge in [-0.2, -0.15) is 5.26 Å². The summed E-state index contributed by atoms with van der Waals surface area (Å²) in [6, 6.07) is 1.76. The van der Waals surface area contributed by atoms with Crippen LogP contribution in [0, 0.1) is 22.7 Å². The van der Waals surface area contributed by atoms with E-state index in [4.69, 9.17) is 5.73 Å². The van der Waals surface area contributed by atoms with Crippen LogP contribution in [0.2, 0.25) is 0 Å². The second-order valence-corrected chi connectivity index (χ2v) is 6.81. The van der Waals surface area contributed by atoms with E-state index in [2.05, 4.69) is 12.6 Å².